The highest BCUT2D eigenvalue weighted by Crippen LogP contribution is 2.29. The number of anilines is 1. The van der Waals surface area contributed by atoms with Crippen LogP contribution in [0.5, 0.6) is 0 Å². The molecule has 0 spiro atoms. The SMILES string of the molecule is Cc1ccc(NC(=O)CSc2n[nH]c(-c3ccc(Cl)cc3Cl)n2)cc1[N+](=O)[O-]. The lowest BCUT2D eigenvalue weighted by Crippen LogP contribution is -2.14. The standard InChI is InChI=1S/C17H13Cl2N5O3S/c1-9-2-4-11(7-14(9)24(26)27)20-15(25)8-28-17-21-16(22-23-17)12-5-3-10(18)6-13(12)19/h2-7H,8H2,1H3,(H,20,25)(H,21,22,23). The Hall–Kier alpha value is -2.62. The van der Waals surface area contributed by atoms with Crippen molar-refractivity contribution in [3.8, 4) is 11.4 Å². The van der Waals surface area contributed by atoms with Crippen molar-refractivity contribution in [3.05, 3.63) is 62.1 Å². The molecule has 2 aromatic carbocycles. The number of nitro benzene ring substituents is 1. The smallest absolute Gasteiger partial charge is 0.274 e. The predicted octanol–water partition coefficient (Wildman–Crippen LogP) is 4.73. The Kier molecular flexibility index (Phi) is 6.18. The van der Waals surface area contributed by atoms with Crippen molar-refractivity contribution in [3.63, 3.8) is 0 Å². The molecule has 1 amide bonds. The van der Waals surface area contributed by atoms with E-state index in [1.165, 1.54) is 6.07 Å². The number of nitro groups is 1. The van der Waals surface area contributed by atoms with Crippen molar-refractivity contribution in [2.24, 2.45) is 0 Å². The Balaban J connectivity index is 1.62. The Labute approximate surface area is 173 Å². The molecule has 144 valence electrons. The van der Waals surface area contributed by atoms with E-state index >= 15 is 0 Å². The average molecular weight is 438 g/mol. The zero-order valence-electron chi connectivity index (χ0n) is 14.4. The third-order valence-electron chi connectivity index (χ3n) is 3.67. The van der Waals surface area contributed by atoms with Crippen LogP contribution in [0, 0.1) is 17.0 Å². The fraction of sp³-hybridized carbons (Fsp3) is 0.118. The van der Waals surface area contributed by atoms with Crippen LogP contribution in [0.25, 0.3) is 11.4 Å². The van der Waals surface area contributed by atoms with Gasteiger partial charge in [0, 0.05) is 27.9 Å². The van der Waals surface area contributed by atoms with E-state index in [0.717, 1.165) is 11.8 Å². The van der Waals surface area contributed by atoms with Crippen LogP contribution in [0.15, 0.2) is 41.6 Å². The van der Waals surface area contributed by atoms with Crippen molar-refractivity contribution in [2.75, 3.05) is 11.1 Å². The summed E-state index contributed by atoms with van der Waals surface area (Å²) in [5.74, 6) is 0.158. The van der Waals surface area contributed by atoms with Crippen molar-refractivity contribution < 1.29 is 9.72 Å². The number of hydrogen-bond acceptors (Lipinski definition) is 6. The van der Waals surface area contributed by atoms with Crippen LogP contribution in [0.1, 0.15) is 5.56 Å². The van der Waals surface area contributed by atoms with E-state index in [4.69, 9.17) is 23.2 Å². The van der Waals surface area contributed by atoms with E-state index in [2.05, 4.69) is 20.5 Å². The number of aryl methyl sites for hydroxylation is 1. The molecule has 0 radical (unpaired) electrons. The molecule has 0 fully saturated rings. The number of hydrogen-bond donors (Lipinski definition) is 2. The van der Waals surface area contributed by atoms with Crippen LogP contribution in [-0.4, -0.2) is 31.8 Å². The normalized spacial score (nSPS) is 10.7. The van der Waals surface area contributed by atoms with Crippen LogP contribution in [-0.2, 0) is 4.79 Å². The summed E-state index contributed by atoms with van der Waals surface area (Å²) < 4.78 is 0. The molecular formula is C17H13Cl2N5O3S. The van der Waals surface area contributed by atoms with Gasteiger partial charge >= 0.3 is 0 Å². The fourth-order valence-corrected chi connectivity index (χ4v) is 3.42. The van der Waals surface area contributed by atoms with Gasteiger partial charge in [-0.25, -0.2) is 4.98 Å². The van der Waals surface area contributed by atoms with Gasteiger partial charge in [-0.3, -0.25) is 20.0 Å². The molecule has 0 aliphatic carbocycles. The van der Waals surface area contributed by atoms with Crippen LogP contribution in [0.2, 0.25) is 10.0 Å². The minimum atomic E-state index is -0.489. The highest BCUT2D eigenvalue weighted by molar-refractivity contribution is 7.99. The highest BCUT2D eigenvalue weighted by atomic mass is 35.5. The molecule has 1 aromatic heterocycles. The summed E-state index contributed by atoms with van der Waals surface area (Å²) in [7, 11) is 0. The monoisotopic (exact) mass is 437 g/mol. The molecule has 0 aliphatic heterocycles. The second-order valence-corrected chi connectivity index (χ2v) is 7.47. The number of carbonyl (C=O) groups is 1. The van der Waals surface area contributed by atoms with Crippen molar-refractivity contribution in [1.29, 1.82) is 0 Å². The van der Waals surface area contributed by atoms with Crippen molar-refractivity contribution in [2.45, 2.75) is 12.1 Å². The van der Waals surface area contributed by atoms with Crippen molar-refractivity contribution >= 4 is 52.2 Å². The molecule has 3 rings (SSSR count). The Bertz CT molecular complexity index is 1060. The van der Waals surface area contributed by atoms with E-state index in [0.29, 0.717) is 37.8 Å². The molecule has 0 atom stereocenters. The van der Waals surface area contributed by atoms with Gasteiger partial charge in [0.25, 0.3) is 5.69 Å². The van der Waals surface area contributed by atoms with Gasteiger partial charge in [-0.1, -0.05) is 41.0 Å². The third kappa shape index (κ3) is 4.80. The van der Waals surface area contributed by atoms with Crippen molar-refractivity contribution in [1.82, 2.24) is 15.2 Å². The number of aromatic amines is 1. The number of nitrogens with one attached hydrogen (secondary N) is 2. The Morgan fingerprint density at radius 1 is 1.29 bits per heavy atom. The number of thioether (sulfide) groups is 1. The van der Waals surface area contributed by atoms with Crippen LogP contribution < -0.4 is 5.32 Å². The number of rotatable bonds is 6. The maximum Gasteiger partial charge on any atom is 0.274 e. The van der Waals surface area contributed by atoms with Gasteiger partial charge in [-0.05, 0) is 31.2 Å². The molecular weight excluding hydrogens is 425 g/mol. The molecule has 0 unspecified atom stereocenters. The zero-order valence-corrected chi connectivity index (χ0v) is 16.7. The molecule has 28 heavy (non-hydrogen) atoms. The average Bonchev–Trinajstić information content (AvgIpc) is 3.10. The topological polar surface area (TPSA) is 114 Å². The number of amides is 1. The molecule has 1 heterocycles. The second-order valence-electron chi connectivity index (χ2n) is 5.69. The van der Waals surface area contributed by atoms with E-state index in [1.807, 2.05) is 0 Å². The number of carbonyl (C=O) groups excluding carboxylic acids is 1. The third-order valence-corrected chi connectivity index (χ3v) is 5.07. The summed E-state index contributed by atoms with van der Waals surface area (Å²) in [5, 5.41) is 21.7. The van der Waals surface area contributed by atoms with Gasteiger partial charge < -0.3 is 5.32 Å². The molecule has 0 saturated heterocycles. The summed E-state index contributed by atoms with van der Waals surface area (Å²) in [4.78, 5) is 26.9. The number of H-pyrrole nitrogens is 1. The molecule has 0 saturated carbocycles. The summed E-state index contributed by atoms with van der Waals surface area (Å²) >= 11 is 13.1. The molecule has 0 bridgehead atoms. The molecule has 2 N–H and O–H groups in total. The van der Waals surface area contributed by atoms with Gasteiger partial charge in [0.05, 0.1) is 15.7 Å². The Morgan fingerprint density at radius 2 is 2.07 bits per heavy atom. The first kappa shape index (κ1) is 20.1. The lowest BCUT2D eigenvalue weighted by molar-refractivity contribution is -0.385. The van der Waals surface area contributed by atoms with Gasteiger partial charge in [0.2, 0.25) is 11.1 Å². The van der Waals surface area contributed by atoms with Gasteiger partial charge in [0.15, 0.2) is 5.82 Å². The first-order chi connectivity index (χ1) is 13.3. The van der Waals surface area contributed by atoms with Crippen LogP contribution in [0.4, 0.5) is 11.4 Å². The zero-order chi connectivity index (χ0) is 20.3. The van der Waals surface area contributed by atoms with Gasteiger partial charge in [-0.15, -0.1) is 5.10 Å². The summed E-state index contributed by atoms with van der Waals surface area (Å²) in [5.41, 5.74) is 1.46. The summed E-state index contributed by atoms with van der Waals surface area (Å²) in [6.45, 7) is 1.63. The van der Waals surface area contributed by atoms with E-state index in [9.17, 15) is 14.9 Å². The number of benzene rings is 2. The maximum absolute atomic E-state index is 12.1. The fourth-order valence-electron chi connectivity index (χ4n) is 2.32. The highest BCUT2D eigenvalue weighted by Gasteiger charge is 2.14. The number of nitrogens with zero attached hydrogens (tertiary/aromatic N) is 3. The van der Waals surface area contributed by atoms with Crippen LogP contribution >= 0.6 is 35.0 Å². The summed E-state index contributed by atoms with van der Waals surface area (Å²) in [6, 6.07) is 9.52. The first-order valence-electron chi connectivity index (χ1n) is 7.89. The molecule has 3 aromatic rings. The lowest BCUT2D eigenvalue weighted by Gasteiger charge is -2.05. The van der Waals surface area contributed by atoms with Gasteiger partial charge in [-0.2, -0.15) is 0 Å². The van der Waals surface area contributed by atoms with Crippen LogP contribution in [0.3, 0.4) is 0 Å². The lowest BCUT2D eigenvalue weighted by atomic mass is 10.2. The number of aromatic nitrogens is 3. The minimum Gasteiger partial charge on any atom is -0.325 e. The largest absolute Gasteiger partial charge is 0.325 e. The summed E-state index contributed by atoms with van der Waals surface area (Å²) in [6.07, 6.45) is 0. The molecule has 0 aliphatic rings. The van der Waals surface area contributed by atoms with E-state index in [1.54, 1.807) is 37.3 Å². The maximum atomic E-state index is 12.1. The molecule has 8 nitrogen and oxygen atoms in total. The van der Waals surface area contributed by atoms with E-state index < -0.39 is 4.92 Å². The Morgan fingerprint density at radius 3 is 2.79 bits per heavy atom. The quantitative estimate of drug-likeness (QED) is 0.327. The minimum absolute atomic E-state index is 0.0350. The second kappa shape index (κ2) is 8.59. The molecule has 11 heteroatoms. The first-order valence-corrected chi connectivity index (χ1v) is 9.63. The van der Waals surface area contributed by atoms with E-state index in [-0.39, 0.29) is 17.3 Å². The van der Waals surface area contributed by atoms with Gasteiger partial charge in [0.1, 0.15) is 0 Å². The predicted molar refractivity (Wildman–Crippen MR) is 109 cm³/mol. The number of halogens is 2.